The molecule has 1 aromatic heterocycles. The van der Waals surface area contributed by atoms with Gasteiger partial charge in [-0.3, -0.25) is 9.52 Å². The van der Waals surface area contributed by atoms with E-state index in [0.29, 0.717) is 17.8 Å². The first-order chi connectivity index (χ1) is 15.6. The fourth-order valence-electron chi connectivity index (χ4n) is 3.92. The summed E-state index contributed by atoms with van der Waals surface area (Å²) in [6.07, 6.45) is 1.17. The van der Waals surface area contributed by atoms with Gasteiger partial charge < -0.3 is 20.1 Å². The van der Waals surface area contributed by atoms with E-state index in [1.807, 2.05) is 30.3 Å². The van der Waals surface area contributed by atoms with Gasteiger partial charge in [-0.25, -0.2) is 14.4 Å². The van der Waals surface area contributed by atoms with Crippen LogP contribution in [0.25, 0.3) is 0 Å². The van der Waals surface area contributed by atoms with E-state index in [2.05, 4.69) is 10.4 Å². The lowest BCUT2D eigenvalue weighted by Gasteiger charge is -2.26. The Morgan fingerprint density at radius 3 is 2.64 bits per heavy atom. The van der Waals surface area contributed by atoms with Crippen molar-refractivity contribution in [1.29, 1.82) is 0 Å². The number of nitrogens with zero attached hydrogens (tertiary/aromatic N) is 4. The van der Waals surface area contributed by atoms with E-state index in [-0.39, 0.29) is 19.7 Å². The summed E-state index contributed by atoms with van der Waals surface area (Å²) >= 11 is 0. The third kappa shape index (κ3) is 4.77. The van der Waals surface area contributed by atoms with Gasteiger partial charge in [-0.2, -0.15) is 10.2 Å². The summed E-state index contributed by atoms with van der Waals surface area (Å²) in [6, 6.07) is 7.23. The molecule has 11 nitrogen and oxygen atoms in total. The van der Waals surface area contributed by atoms with Gasteiger partial charge in [0.15, 0.2) is 6.04 Å². The first kappa shape index (κ1) is 22.6. The van der Waals surface area contributed by atoms with Crippen molar-refractivity contribution in [3.63, 3.8) is 0 Å². The minimum atomic E-state index is -1.20. The highest BCUT2D eigenvalue weighted by Gasteiger charge is 2.52. The number of fused-ring (bicyclic) bond motifs is 4. The van der Waals surface area contributed by atoms with E-state index in [1.54, 1.807) is 31.6 Å². The number of benzene rings is 1. The monoisotopic (exact) mass is 457 g/mol. The molecule has 0 unspecified atom stereocenters. The van der Waals surface area contributed by atoms with Crippen LogP contribution in [-0.2, 0) is 27.5 Å². The largest absolute Gasteiger partial charge is 0.479 e. The number of carboxylic acids is 1. The van der Waals surface area contributed by atoms with Gasteiger partial charge in [0.2, 0.25) is 0 Å². The third-order valence-electron chi connectivity index (χ3n) is 5.29. The van der Waals surface area contributed by atoms with Crippen LogP contribution in [0.1, 0.15) is 49.7 Å². The van der Waals surface area contributed by atoms with Crippen LogP contribution >= 0.6 is 0 Å². The normalized spacial score (nSPS) is 19.4. The standard InChI is InChI=1S/C22H27N5O6/c1-22(2,3)33-20(30)23-9-10-25-11-15-16-12-26(18(19(28)29)17(15)24-25)21(31)27(16)32-13-14-7-5-4-6-8-14/h4-8,11,16,18H,9-10,12-13H2,1-3H3,(H,23,30)(H,28,29)/t16-,18-/m0/s1. The number of amides is 3. The van der Waals surface area contributed by atoms with Crippen molar-refractivity contribution in [2.75, 3.05) is 13.1 Å². The summed E-state index contributed by atoms with van der Waals surface area (Å²) in [5.41, 5.74) is 1.21. The molecule has 3 amide bonds. The number of carbonyl (C=O) groups excluding carboxylic acids is 2. The zero-order valence-corrected chi connectivity index (χ0v) is 18.7. The molecule has 0 radical (unpaired) electrons. The third-order valence-corrected chi connectivity index (χ3v) is 5.29. The predicted molar refractivity (Wildman–Crippen MR) is 115 cm³/mol. The second-order valence-corrected chi connectivity index (χ2v) is 8.94. The first-order valence-electron chi connectivity index (χ1n) is 10.7. The molecule has 11 heteroatoms. The Kier molecular flexibility index (Phi) is 5.98. The molecule has 2 N–H and O–H groups in total. The zero-order chi connectivity index (χ0) is 23.8. The average molecular weight is 457 g/mol. The Labute approximate surface area is 190 Å². The fraction of sp³-hybridized carbons (Fsp3) is 0.455. The van der Waals surface area contributed by atoms with E-state index in [4.69, 9.17) is 9.57 Å². The molecule has 1 saturated heterocycles. The fourth-order valence-corrected chi connectivity index (χ4v) is 3.92. The Balaban J connectivity index is 1.49. The summed E-state index contributed by atoms with van der Waals surface area (Å²) in [4.78, 5) is 43.8. The van der Waals surface area contributed by atoms with Crippen molar-refractivity contribution < 1.29 is 29.1 Å². The summed E-state index contributed by atoms with van der Waals surface area (Å²) in [5, 5.41) is 18.1. The molecular formula is C22H27N5O6. The van der Waals surface area contributed by atoms with Crippen LogP contribution in [0.15, 0.2) is 36.5 Å². The van der Waals surface area contributed by atoms with E-state index >= 15 is 0 Å². The van der Waals surface area contributed by atoms with Crippen LogP contribution < -0.4 is 5.32 Å². The number of hydrogen-bond donors (Lipinski definition) is 2. The topological polar surface area (TPSA) is 126 Å². The highest BCUT2D eigenvalue weighted by molar-refractivity contribution is 5.86. The van der Waals surface area contributed by atoms with Crippen LogP contribution in [0, 0.1) is 0 Å². The van der Waals surface area contributed by atoms with Gasteiger partial charge >= 0.3 is 18.1 Å². The molecule has 4 rings (SSSR count). The van der Waals surface area contributed by atoms with Crippen LogP contribution in [0.2, 0.25) is 0 Å². The molecule has 2 aliphatic heterocycles. The van der Waals surface area contributed by atoms with Gasteiger partial charge in [0, 0.05) is 18.3 Å². The lowest BCUT2D eigenvalue weighted by Crippen LogP contribution is -2.38. The van der Waals surface area contributed by atoms with Gasteiger partial charge in [0.05, 0.1) is 13.1 Å². The molecule has 1 fully saturated rings. The van der Waals surface area contributed by atoms with Crippen LogP contribution in [-0.4, -0.2) is 61.6 Å². The minimum Gasteiger partial charge on any atom is -0.479 e. The van der Waals surface area contributed by atoms with E-state index in [1.165, 1.54) is 9.96 Å². The second-order valence-electron chi connectivity index (χ2n) is 8.94. The highest BCUT2D eigenvalue weighted by Crippen LogP contribution is 2.43. The van der Waals surface area contributed by atoms with Crippen LogP contribution in [0.5, 0.6) is 0 Å². The van der Waals surface area contributed by atoms with Crippen molar-refractivity contribution >= 4 is 18.1 Å². The lowest BCUT2D eigenvalue weighted by atomic mass is 9.98. The number of aromatic nitrogens is 2. The van der Waals surface area contributed by atoms with Gasteiger partial charge in [0.25, 0.3) is 0 Å². The quantitative estimate of drug-likeness (QED) is 0.654. The molecule has 176 valence electrons. The van der Waals surface area contributed by atoms with E-state index in [0.717, 1.165) is 5.56 Å². The number of urea groups is 1. The second kappa shape index (κ2) is 8.74. The van der Waals surface area contributed by atoms with E-state index < -0.39 is 35.8 Å². The summed E-state index contributed by atoms with van der Waals surface area (Å²) in [7, 11) is 0. The van der Waals surface area contributed by atoms with Crippen molar-refractivity contribution in [3.05, 3.63) is 53.3 Å². The minimum absolute atomic E-state index is 0.179. The molecule has 3 heterocycles. The van der Waals surface area contributed by atoms with Gasteiger partial charge in [0.1, 0.15) is 23.9 Å². The van der Waals surface area contributed by atoms with Crippen molar-refractivity contribution in [2.45, 2.75) is 51.6 Å². The Morgan fingerprint density at radius 2 is 1.97 bits per heavy atom. The summed E-state index contributed by atoms with van der Waals surface area (Å²) in [5.74, 6) is -1.16. The molecule has 2 bridgehead atoms. The number of hydrogen-bond acceptors (Lipinski definition) is 6. The summed E-state index contributed by atoms with van der Waals surface area (Å²) in [6.45, 7) is 6.25. The molecule has 1 aromatic carbocycles. The Hall–Kier alpha value is -3.60. The summed E-state index contributed by atoms with van der Waals surface area (Å²) < 4.78 is 6.78. The molecule has 2 aromatic rings. The van der Waals surface area contributed by atoms with Crippen LogP contribution in [0.4, 0.5) is 9.59 Å². The lowest BCUT2D eigenvalue weighted by molar-refractivity contribution is -0.143. The van der Waals surface area contributed by atoms with Gasteiger partial charge in [-0.15, -0.1) is 0 Å². The number of ether oxygens (including phenoxy) is 1. The first-order valence-corrected chi connectivity index (χ1v) is 10.7. The number of carboxylic acid groups (broad SMARTS) is 1. The number of nitrogens with one attached hydrogen (secondary N) is 1. The SMILES string of the molecule is CC(C)(C)OC(=O)NCCn1cc2c(n1)[C@@H](C(=O)O)N1C[C@@H]2N(OCc2ccccc2)C1=O. The number of aliphatic carboxylic acids is 1. The number of alkyl carbamates (subject to hydrolysis) is 1. The predicted octanol–water partition coefficient (Wildman–Crippen LogP) is 2.46. The molecule has 2 aliphatic rings. The molecule has 0 aliphatic carbocycles. The van der Waals surface area contributed by atoms with Gasteiger partial charge in [-0.1, -0.05) is 30.3 Å². The maximum atomic E-state index is 12.9. The number of rotatable bonds is 7. The average Bonchev–Trinajstić information content (AvgIpc) is 3.27. The van der Waals surface area contributed by atoms with Crippen molar-refractivity contribution in [1.82, 2.24) is 25.1 Å². The van der Waals surface area contributed by atoms with Crippen LogP contribution in [0.3, 0.4) is 0 Å². The molecule has 0 spiro atoms. The highest BCUT2D eigenvalue weighted by atomic mass is 16.7. The van der Waals surface area contributed by atoms with E-state index in [9.17, 15) is 19.5 Å². The van der Waals surface area contributed by atoms with Crippen molar-refractivity contribution in [3.8, 4) is 0 Å². The van der Waals surface area contributed by atoms with Crippen molar-refractivity contribution in [2.24, 2.45) is 0 Å². The molecule has 33 heavy (non-hydrogen) atoms. The number of carbonyl (C=O) groups is 3. The zero-order valence-electron chi connectivity index (χ0n) is 18.7. The maximum Gasteiger partial charge on any atom is 0.407 e. The maximum absolute atomic E-state index is 12.9. The molecular weight excluding hydrogens is 430 g/mol. The van der Waals surface area contributed by atoms with Gasteiger partial charge in [-0.05, 0) is 26.3 Å². The Bertz CT molecular complexity index is 1050. The molecule has 2 atom stereocenters. The number of hydroxylamine groups is 2. The Morgan fingerprint density at radius 1 is 1.24 bits per heavy atom. The molecule has 0 saturated carbocycles. The smallest absolute Gasteiger partial charge is 0.407 e.